The van der Waals surface area contributed by atoms with Crippen LogP contribution in [0.2, 0.25) is 0 Å². The van der Waals surface area contributed by atoms with E-state index in [2.05, 4.69) is 27.8 Å². The fourth-order valence-corrected chi connectivity index (χ4v) is 5.18. The number of anilines is 1. The second kappa shape index (κ2) is 10.4. The van der Waals surface area contributed by atoms with E-state index < -0.39 is 0 Å². The molecule has 1 heterocycles. The van der Waals surface area contributed by atoms with E-state index in [1.807, 2.05) is 67.6 Å². The van der Waals surface area contributed by atoms with Crippen LogP contribution in [0.3, 0.4) is 0 Å². The summed E-state index contributed by atoms with van der Waals surface area (Å²) in [5.41, 5.74) is 4.38. The molecule has 0 aliphatic heterocycles. The van der Waals surface area contributed by atoms with Gasteiger partial charge in [-0.3, -0.25) is 9.59 Å². The maximum atomic E-state index is 12.6. The van der Waals surface area contributed by atoms with Gasteiger partial charge in [-0.2, -0.15) is 0 Å². The smallest absolute Gasteiger partial charge is 0.255 e. The predicted molar refractivity (Wildman–Crippen MR) is 133 cm³/mol. The first-order valence-electron chi connectivity index (χ1n) is 10.3. The van der Waals surface area contributed by atoms with Crippen LogP contribution >= 0.6 is 23.1 Å². The van der Waals surface area contributed by atoms with Crippen molar-refractivity contribution in [3.8, 4) is 0 Å². The monoisotopic (exact) mass is 461 g/mol. The van der Waals surface area contributed by atoms with Crippen molar-refractivity contribution in [2.75, 3.05) is 17.6 Å². The van der Waals surface area contributed by atoms with Gasteiger partial charge in [0.05, 0.1) is 16.0 Å². The normalized spacial score (nSPS) is 10.8. The number of fused-ring (bicyclic) bond motifs is 1. The lowest BCUT2D eigenvalue weighted by molar-refractivity contribution is -0.118. The molecule has 3 aromatic carbocycles. The van der Waals surface area contributed by atoms with Crippen LogP contribution in [-0.2, 0) is 11.2 Å². The molecule has 0 spiro atoms. The number of carbonyl (C=O) groups excluding carboxylic acids is 2. The van der Waals surface area contributed by atoms with Crippen molar-refractivity contribution in [3.63, 3.8) is 0 Å². The zero-order chi connectivity index (χ0) is 22.3. The number of thioether (sulfide) groups is 1. The number of rotatable bonds is 8. The summed E-state index contributed by atoms with van der Waals surface area (Å²) in [5, 5.41) is 5.91. The van der Waals surface area contributed by atoms with Crippen LogP contribution in [0, 0.1) is 6.92 Å². The van der Waals surface area contributed by atoms with E-state index in [1.165, 1.54) is 28.7 Å². The van der Waals surface area contributed by atoms with Crippen LogP contribution in [0.4, 0.5) is 5.69 Å². The van der Waals surface area contributed by atoms with Crippen molar-refractivity contribution in [1.82, 2.24) is 10.3 Å². The van der Waals surface area contributed by atoms with E-state index in [0.29, 0.717) is 17.9 Å². The van der Waals surface area contributed by atoms with Gasteiger partial charge in [-0.15, -0.1) is 11.3 Å². The number of nitrogens with one attached hydrogen (secondary N) is 2. The average Bonchev–Trinajstić information content (AvgIpc) is 3.21. The van der Waals surface area contributed by atoms with E-state index in [0.717, 1.165) is 32.2 Å². The third kappa shape index (κ3) is 5.75. The number of amides is 2. The predicted octanol–water partition coefficient (Wildman–Crippen LogP) is 5.31. The van der Waals surface area contributed by atoms with E-state index in [4.69, 9.17) is 0 Å². The van der Waals surface area contributed by atoms with Gasteiger partial charge in [0, 0.05) is 17.8 Å². The summed E-state index contributed by atoms with van der Waals surface area (Å²) < 4.78 is 1.81. The Labute approximate surface area is 195 Å². The number of aryl methyl sites for hydroxylation is 1. The maximum absolute atomic E-state index is 12.6. The van der Waals surface area contributed by atoms with Crippen LogP contribution in [-0.4, -0.2) is 29.1 Å². The Kier molecular flexibility index (Phi) is 7.19. The van der Waals surface area contributed by atoms with Crippen LogP contribution < -0.4 is 10.6 Å². The van der Waals surface area contributed by atoms with Crippen molar-refractivity contribution >= 4 is 50.8 Å². The highest BCUT2D eigenvalue weighted by atomic mass is 32.2. The molecule has 5 nitrogen and oxygen atoms in total. The fraction of sp³-hybridized carbons (Fsp3) is 0.160. The first-order valence-corrected chi connectivity index (χ1v) is 12.1. The molecule has 0 atom stereocenters. The largest absolute Gasteiger partial charge is 0.355 e. The molecule has 4 rings (SSSR count). The second-order valence-corrected chi connectivity index (χ2v) is 9.56. The van der Waals surface area contributed by atoms with Gasteiger partial charge < -0.3 is 10.6 Å². The van der Waals surface area contributed by atoms with Crippen molar-refractivity contribution in [1.29, 1.82) is 0 Å². The summed E-state index contributed by atoms with van der Waals surface area (Å²) in [7, 11) is 0. The zero-order valence-electron chi connectivity index (χ0n) is 17.6. The molecule has 0 bridgehead atoms. The molecule has 0 radical (unpaired) electrons. The number of hydrogen-bond donors (Lipinski definition) is 2. The van der Waals surface area contributed by atoms with Gasteiger partial charge in [0.25, 0.3) is 5.91 Å². The average molecular weight is 462 g/mol. The summed E-state index contributed by atoms with van der Waals surface area (Å²) in [6.45, 7) is 2.54. The number of aromatic nitrogens is 1. The lowest BCUT2D eigenvalue weighted by atomic mass is 10.1. The summed E-state index contributed by atoms with van der Waals surface area (Å²) >= 11 is 2.95. The molecule has 0 fully saturated rings. The molecule has 2 N–H and O–H groups in total. The Morgan fingerprint density at radius 3 is 2.59 bits per heavy atom. The fourth-order valence-electron chi connectivity index (χ4n) is 3.24. The van der Waals surface area contributed by atoms with Crippen molar-refractivity contribution in [2.45, 2.75) is 17.7 Å². The molecular weight excluding hydrogens is 438 g/mol. The first-order chi connectivity index (χ1) is 15.6. The first kappa shape index (κ1) is 22.0. The van der Waals surface area contributed by atoms with Crippen LogP contribution in [0.25, 0.3) is 10.2 Å². The summed E-state index contributed by atoms with van der Waals surface area (Å²) in [6.07, 6.45) is 0.815. The quantitative estimate of drug-likeness (QED) is 0.349. The Morgan fingerprint density at radius 2 is 1.78 bits per heavy atom. The Hall–Kier alpha value is -3.16. The number of nitrogens with zero attached hydrogens (tertiary/aromatic N) is 1. The van der Waals surface area contributed by atoms with E-state index in [1.54, 1.807) is 0 Å². The van der Waals surface area contributed by atoms with Gasteiger partial charge in [-0.1, -0.05) is 60.3 Å². The van der Waals surface area contributed by atoms with Crippen molar-refractivity contribution in [2.24, 2.45) is 0 Å². The molecule has 4 aromatic rings. The minimum absolute atomic E-state index is 0.00336. The van der Waals surface area contributed by atoms with Crippen molar-refractivity contribution in [3.05, 3.63) is 89.5 Å². The Morgan fingerprint density at radius 1 is 1.00 bits per heavy atom. The van der Waals surface area contributed by atoms with Crippen LogP contribution in [0.1, 0.15) is 21.5 Å². The van der Waals surface area contributed by atoms with Crippen molar-refractivity contribution < 1.29 is 9.59 Å². The second-order valence-electron chi connectivity index (χ2n) is 7.31. The molecule has 0 aliphatic carbocycles. The SMILES string of the molecule is Cc1ccccc1C(=O)Nc1ccc2nc(SCC(=O)NCCc3ccccc3)sc2c1. The number of carbonyl (C=O) groups is 2. The number of hydrogen-bond acceptors (Lipinski definition) is 5. The zero-order valence-corrected chi connectivity index (χ0v) is 19.3. The van der Waals surface area contributed by atoms with Gasteiger partial charge in [0.2, 0.25) is 5.91 Å². The van der Waals surface area contributed by atoms with Crippen LogP contribution in [0.15, 0.2) is 77.1 Å². The topological polar surface area (TPSA) is 71.1 Å². The molecule has 7 heteroatoms. The third-order valence-electron chi connectivity index (χ3n) is 4.92. The lowest BCUT2D eigenvalue weighted by Gasteiger charge is -2.07. The molecule has 0 saturated heterocycles. The molecule has 0 aliphatic rings. The van der Waals surface area contributed by atoms with E-state index >= 15 is 0 Å². The van der Waals surface area contributed by atoms with Crippen LogP contribution in [0.5, 0.6) is 0 Å². The maximum Gasteiger partial charge on any atom is 0.255 e. The Bertz CT molecular complexity index is 1240. The molecule has 0 unspecified atom stereocenters. The minimum atomic E-state index is -0.131. The number of thiazole rings is 1. The third-order valence-corrected chi connectivity index (χ3v) is 7.08. The Balaban J connectivity index is 1.31. The van der Waals surface area contributed by atoms with Gasteiger partial charge >= 0.3 is 0 Å². The minimum Gasteiger partial charge on any atom is -0.355 e. The standard InChI is InChI=1S/C25H23N3O2S2/c1-17-7-5-6-10-20(17)24(30)27-19-11-12-21-22(15-19)32-25(28-21)31-16-23(29)26-14-13-18-8-3-2-4-9-18/h2-12,15H,13-14,16H2,1H3,(H,26,29)(H,27,30). The van der Waals surface area contributed by atoms with Gasteiger partial charge in [0.1, 0.15) is 0 Å². The van der Waals surface area contributed by atoms with E-state index in [9.17, 15) is 9.59 Å². The molecular formula is C25H23N3O2S2. The molecule has 0 saturated carbocycles. The highest BCUT2D eigenvalue weighted by molar-refractivity contribution is 8.01. The molecule has 32 heavy (non-hydrogen) atoms. The highest BCUT2D eigenvalue weighted by Gasteiger charge is 2.11. The highest BCUT2D eigenvalue weighted by Crippen LogP contribution is 2.31. The van der Waals surface area contributed by atoms with E-state index in [-0.39, 0.29) is 11.8 Å². The molecule has 162 valence electrons. The summed E-state index contributed by atoms with van der Waals surface area (Å²) in [5.74, 6) is 0.191. The van der Waals surface area contributed by atoms with Gasteiger partial charge in [0.15, 0.2) is 4.34 Å². The summed E-state index contributed by atoms with van der Waals surface area (Å²) in [4.78, 5) is 29.3. The van der Waals surface area contributed by atoms with Gasteiger partial charge in [-0.05, 0) is 48.7 Å². The lowest BCUT2D eigenvalue weighted by Crippen LogP contribution is -2.27. The van der Waals surface area contributed by atoms with Gasteiger partial charge in [-0.25, -0.2) is 4.98 Å². The molecule has 1 aromatic heterocycles. The summed E-state index contributed by atoms with van der Waals surface area (Å²) in [6, 6.07) is 23.3. The number of benzene rings is 3. The molecule has 2 amide bonds.